The number of hydrogen-bond acceptors (Lipinski definition) is 4. The third kappa shape index (κ3) is 4.03. The Kier molecular flexibility index (Phi) is 4.69. The molecular weight excluding hydrogens is 292 g/mol. The highest BCUT2D eigenvalue weighted by molar-refractivity contribution is 7.89. The molecule has 0 saturated heterocycles. The van der Waals surface area contributed by atoms with Crippen molar-refractivity contribution in [2.45, 2.75) is 17.2 Å². The van der Waals surface area contributed by atoms with Gasteiger partial charge in [-0.15, -0.1) is 0 Å². The Hall–Kier alpha value is -1.42. The lowest BCUT2D eigenvalue weighted by Crippen LogP contribution is -2.41. The third-order valence-corrected chi connectivity index (χ3v) is 3.43. The lowest BCUT2D eigenvalue weighted by molar-refractivity contribution is -0.122. The van der Waals surface area contributed by atoms with E-state index in [2.05, 4.69) is 9.72 Å². The largest absolute Gasteiger partial charge is 0.481 e. The van der Waals surface area contributed by atoms with Crippen LogP contribution in [0.1, 0.15) is 0 Å². The van der Waals surface area contributed by atoms with Crippen molar-refractivity contribution in [3.8, 4) is 5.88 Å². The molecule has 1 aromatic rings. The van der Waals surface area contributed by atoms with Crippen LogP contribution in [-0.4, -0.2) is 39.4 Å². The van der Waals surface area contributed by atoms with Crippen LogP contribution in [0.3, 0.4) is 0 Å². The fourth-order valence-corrected chi connectivity index (χ4v) is 1.99. The van der Waals surface area contributed by atoms with Gasteiger partial charge in [-0.25, -0.2) is 26.9 Å². The van der Waals surface area contributed by atoms with Gasteiger partial charge in [-0.1, -0.05) is 0 Å². The summed E-state index contributed by atoms with van der Waals surface area (Å²) in [5.41, 5.74) is 0. The number of rotatable bonds is 6. The van der Waals surface area contributed by atoms with Gasteiger partial charge in [-0.3, -0.25) is 0 Å². The second kappa shape index (κ2) is 5.70. The molecule has 0 amide bonds. The van der Waals surface area contributed by atoms with Crippen LogP contribution in [0, 0.1) is 0 Å². The van der Waals surface area contributed by atoms with E-state index in [1.165, 1.54) is 17.9 Å². The molecule has 108 valence electrons. The number of alkyl halides is 4. The van der Waals surface area contributed by atoms with Crippen LogP contribution in [0.5, 0.6) is 5.88 Å². The predicted molar refractivity (Wildman–Crippen MR) is 56.9 cm³/mol. The third-order valence-electron chi connectivity index (χ3n) is 2.05. The summed E-state index contributed by atoms with van der Waals surface area (Å²) in [6, 6.07) is 2.24. The number of nitrogens with zero attached hydrogens (tertiary/aromatic N) is 1. The number of aromatic nitrogens is 1. The topological polar surface area (TPSA) is 68.3 Å². The molecule has 0 fully saturated rings. The summed E-state index contributed by atoms with van der Waals surface area (Å²) < 4.78 is 78.1. The molecule has 10 heteroatoms. The Bertz CT molecular complexity index is 519. The number of hydrogen-bond donors (Lipinski definition) is 1. The molecule has 1 N–H and O–H groups in total. The Balaban J connectivity index is 2.81. The molecule has 19 heavy (non-hydrogen) atoms. The zero-order valence-electron chi connectivity index (χ0n) is 9.61. The SMILES string of the molecule is COc1ccc(S(=O)(=O)NCC(F)(F)C(F)F)cn1. The lowest BCUT2D eigenvalue weighted by Gasteiger charge is -2.15. The average Bonchev–Trinajstić information content (AvgIpc) is 2.36. The van der Waals surface area contributed by atoms with E-state index >= 15 is 0 Å². The monoisotopic (exact) mass is 302 g/mol. The van der Waals surface area contributed by atoms with E-state index in [1.54, 1.807) is 0 Å². The second-order valence-corrected chi connectivity index (χ2v) is 5.19. The predicted octanol–water partition coefficient (Wildman–Crippen LogP) is 1.27. The van der Waals surface area contributed by atoms with Crippen LogP contribution >= 0.6 is 0 Å². The minimum absolute atomic E-state index is 0.122. The number of ether oxygens (including phenoxy) is 1. The molecule has 5 nitrogen and oxygen atoms in total. The molecule has 1 heterocycles. The smallest absolute Gasteiger partial charge is 0.320 e. The first-order chi connectivity index (χ1) is 8.69. The number of halogens is 4. The number of methoxy groups -OCH3 is 1. The van der Waals surface area contributed by atoms with Crippen molar-refractivity contribution < 1.29 is 30.7 Å². The highest BCUT2D eigenvalue weighted by Crippen LogP contribution is 2.22. The maximum Gasteiger partial charge on any atom is 0.320 e. The summed E-state index contributed by atoms with van der Waals surface area (Å²) in [6.07, 6.45) is -3.09. The van der Waals surface area contributed by atoms with Crippen LogP contribution in [0.15, 0.2) is 23.2 Å². The maximum atomic E-state index is 12.6. The van der Waals surface area contributed by atoms with E-state index < -0.39 is 33.8 Å². The van der Waals surface area contributed by atoms with Crippen LogP contribution in [0.4, 0.5) is 17.6 Å². The molecule has 1 aromatic heterocycles. The van der Waals surface area contributed by atoms with Gasteiger partial charge in [0, 0.05) is 6.07 Å². The van der Waals surface area contributed by atoms with Crippen LogP contribution in [0.25, 0.3) is 0 Å². The van der Waals surface area contributed by atoms with Crippen molar-refractivity contribution in [3.05, 3.63) is 18.3 Å². The fourth-order valence-electron chi connectivity index (χ4n) is 0.998. The van der Waals surface area contributed by atoms with Crippen molar-refractivity contribution in [2.24, 2.45) is 0 Å². The van der Waals surface area contributed by atoms with Gasteiger partial charge < -0.3 is 4.74 Å². The van der Waals surface area contributed by atoms with Gasteiger partial charge in [-0.2, -0.15) is 8.78 Å². The van der Waals surface area contributed by atoms with E-state index in [4.69, 9.17) is 0 Å². The number of sulfonamides is 1. The minimum Gasteiger partial charge on any atom is -0.481 e. The summed E-state index contributed by atoms with van der Waals surface area (Å²) in [4.78, 5) is 3.13. The fraction of sp³-hybridized carbons (Fsp3) is 0.444. The maximum absolute atomic E-state index is 12.6. The first kappa shape index (κ1) is 15.6. The Morgan fingerprint density at radius 1 is 1.42 bits per heavy atom. The second-order valence-electron chi connectivity index (χ2n) is 3.42. The van der Waals surface area contributed by atoms with E-state index in [-0.39, 0.29) is 5.88 Å². The lowest BCUT2D eigenvalue weighted by atomic mass is 10.4. The van der Waals surface area contributed by atoms with Gasteiger partial charge in [0.05, 0.1) is 19.9 Å². The summed E-state index contributed by atoms with van der Waals surface area (Å²) in [7, 11) is -3.03. The van der Waals surface area contributed by atoms with Crippen molar-refractivity contribution in [1.29, 1.82) is 0 Å². The van der Waals surface area contributed by atoms with Gasteiger partial charge >= 0.3 is 12.3 Å². The molecule has 0 aliphatic rings. The van der Waals surface area contributed by atoms with E-state index in [9.17, 15) is 26.0 Å². The molecular formula is C9H10F4N2O3S. The zero-order valence-corrected chi connectivity index (χ0v) is 10.4. The van der Waals surface area contributed by atoms with Crippen molar-refractivity contribution in [3.63, 3.8) is 0 Å². The average molecular weight is 302 g/mol. The molecule has 0 atom stereocenters. The van der Waals surface area contributed by atoms with Crippen LogP contribution in [0.2, 0.25) is 0 Å². The quantitative estimate of drug-likeness (QED) is 0.804. The standard InChI is InChI=1S/C9H10F4N2O3S/c1-18-7-3-2-6(4-14-7)19(16,17)15-5-9(12,13)8(10)11/h2-4,8,15H,5H2,1H3. The number of nitrogens with one attached hydrogen (secondary N) is 1. The molecule has 1 rings (SSSR count). The van der Waals surface area contributed by atoms with Crippen LogP contribution in [-0.2, 0) is 10.0 Å². The highest BCUT2D eigenvalue weighted by atomic mass is 32.2. The van der Waals surface area contributed by atoms with Gasteiger partial charge in [0.2, 0.25) is 15.9 Å². The Morgan fingerprint density at radius 3 is 2.47 bits per heavy atom. The summed E-state index contributed by atoms with van der Waals surface area (Å²) in [5.74, 6) is -4.32. The van der Waals surface area contributed by atoms with Gasteiger partial charge in [0.25, 0.3) is 0 Å². The molecule has 0 aliphatic heterocycles. The summed E-state index contributed by atoms with van der Waals surface area (Å²) >= 11 is 0. The van der Waals surface area contributed by atoms with Crippen LogP contribution < -0.4 is 9.46 Å². The Labute approximate surface area is 106 Å². The first-order valence-corrected chi connectivity index (χ1v) is 6.33. The van der Waals surface area contributed by atoms with E-state index in [0.717, 1.165) is 12.3 Å². The number of pyridine rings is 1. The molecule has 0 unspecified atom stereocenters. The molecule has 0 saturated carbocycles. The van der Waals surface area contributed by atoms with Crippen molar-refractivity contribution >= 4 is 10.0 Å². The highest BCUT2D eigenvalue weighted by Gasteiger charge is 2.41. The Morgan fingerprint density at radius 2 is 2.05 bits per heavy atom. The molecule has 0 aliphatic carbocycles. The first-order valence-electron chi connectivity index (χ1n) is 4.85. The molecule has 0 radical (unpaired) electrons. The summed E-state index contributed by atoms with van der Waals surface area (Å²) in [5, 5.41) is 0. The van der Waals surface area contributed by atoms with Gasteiger partial charge in [0.15, 0.2) is 0 Å². The van der Waals surface area contributed by atoms with Crippen molar-refractivity contribution in [2.75, 3.05) is 13.7 Å². The van der Waals surface area contributed by atoms with Gasteiger partial charge in [0.1, 0.15) is 4.90 Å². The zero-order chi connectivity index (χ0) is 14.7. The minimum atomic E-state index is -4.44. The normalized spacial score (nSPS) is 12.7. The van der Waals surface area contributed by atoms with E-state index in [1.807, 2.05) is 0 Å². The summed E-state index contributed by atoms with van der Waals surface area (Å²) in [6.45, 7) is -1.70. The molecule has 0 bridgehead atoms. The van der Waals surface area contributed by atoms with E-state index in [0.29, 0.717) is 0 Å². The van der Waals surface area contributed by atoms with Gasteiger partial charge in [-0.05, 0) is 6.07 Å². The van der Waals surface area contributed by atoms with Crippen molar-refractivity contribution in [1.82, 2.24) is 9.71 Å². The molecule has 0 aromatic carbocycles. The molecule has 0 spiro atoms.